The number of imidazole rings is 4. The van der Waals surface area contributed by atoms with Gasteiger partial charge in [-0.1, -0.05) is 45.8 Å². The van der Waals surface area contributed by atoms with Crippen molar-refractivity contribution < 1.29 is 82.2 Å². The van der Waals surface area contributed by atoms with Crippen LogP contribution in [0.15, 0.2) is 96.4 Å². The Morgan fingerprint density at radius 2 is 0.756 bits per heavy atom. The largest absolute Gasteiger partial charge is 0.396 e. The summed E-state index contributed by atoms with van der Waals surface area (Å²) in [5, 5.41) is 35.1. The summed E-state index contributed by atoms with van der Waals surface area (Å²) in [4.78, 5) is 155. The molecule has 4 atom stereocenters. The van der Waals surface area contributed by atoms with Crippen LogP contribution in [0.2, 0.25) is 0 Å². The van der Waals surface area contributed by atoms with Crippen LogP contribution >= 0.6 is 15.9 Å². The summed E-state index contributed by atoms with van der Waals surface area (Å²) in [5.41, 5.74) is 7.58. The molecule has 5 saturated heterocycles. The van der Waals surface area contributed by atoms with Crippen molar-refractivity contribution in [3.05, 3.63) is 136 Å². The number of amides is 8. The average molecular weight is 1770 g/mol. The Kier molecular flexibility index (Phi) is 42.2. The normalized spacial score (nSPS) is 16.8. The Balaban J connectivity index is 0.000000214. The number of aryl methyl sites for hydroxylation is 6. The number of piperidine rings is 4. The number of nitrogens with one attached hydrogen (secondary N) is 4. The van der Waals surface area contributed by atoms with Crippen LogP contribution in [0.5, 0.6) is 0 Å². The molecule has 8 amide bonds. The maximum absolute atomic E-state index is 12.8. The minimum atomic E-state index is -0.694. The molecule has 123 heavy (non-hydrogen) atoms. The van der Waals surface area contributed by atoms with Gasteiger partial charge in [0, 0.05) is 143 Å². The van der Waals surface area contributed by atoms with Gasteiger partial charge in [0.25, 0.3) is 0 Å². The van der Waals surface area contributed by atoms with E-state index < -0.39 is 47.8 Å². The van der Waals surface area contributed by atoms with Gasteiger partial charge in [0.2, 0.25) is 47.3 Å². The second-order valence-electron chi connectivity index (χ2n) is 30.1. The van der Waals surface area contributed by atoms with Crippen LogP contribution in [-0.2, 0) is 108 Å². The first kappa shape index (κ1) is 99.5. The second-order valence-corrected chi connectivity index (χ2v) is 31.0. The Bertz CT molecular complexity index is 5270. The number of carbonyl (C=O) groups excluding carboxylic acids is 9. The number of imide groups is 4. The van der Waals surface area contributed by atoms with E-state index in [1.807, 2.05) is 54.6 Å². The average Bonchev–Trinajstić information content (AvgIpc) is 1.63. The lowest BCUT2D eigenvalue weighted by atomic mass is 10.1. The van der Waals surface area contributed by atoms with Crippen LogP contribution in [0.4, 0.5) is 0 Å². The molecular formula is C88H118BrN13O21. The van der Waals surface area contributed by atoms with E-state index in [-0.39, 0.29) is 98.0 Å². The summed E-state index contributed by atoms with van der Waals surface area (Å²) >= 11 is 3.37. The molecule has 9 heterocycles. The third-order valence-corrected chi connectivity index (χ3v) is 21.7. The predicted octanol–water partition coefficient (Wildman–Crippen LogP) is 6.75. The second kappa shape index (κ2) is 52.1. The Morgan fingerprint density at radius 3 is 1.11 bits per heavy atom. The third-order valence-electron chi connectivity index (χ3n) is 21.2. The maximum atomic E-state index is 12.8. The van der Waals surface area contributed by atoms with Gasteiger partial charge in [0.1, 0.15) is 43.7 Å². The van der Waals surface area contributed by atoms with Crippen LogP contribution in [0.1, 0.15) is 195 Å². The van der Waals surface area contributed by atoms with Crippen molar-refractivity contribution in [3.8, 4) is 24.2 Å². The molecule has 5 fully saturated rings. The van der Waals surface area contributed by atoms with Crippen molar-refractivity contribution >= 4 is 114 Å². The highest BCUT2D eigenvalue weighted by Gasteiger charge is 2.35. The smallest absolute Gasteiger partial charge is 0.329 e. The van der Waals surface area contributed by atoms with Gasteiger partial charge in [-0.15, -0.1) is 6.42 Å². The van der Waals surface area contributed by atoms with E-state index in [2.05, 4.69) is 55.0 Å². The van der Waals surface area contributed by atoms with E-state index in [4.69, 9.17) is 45.4 Å². The minimum absolute atomic E-state index is 0. The number of unbranched alkanes of at least 4 members (excludes halogenated alkanes) is 8. The zero-order valence-corrected chi connectivity index (χ0v) is 72.4. The molecular weight excluding hydrogens is 1650 g/mol. The zero-order valence-electron chi connectivity index (χ0n) is 70.8. The van der Waals surface area contributed by atoms with Crippen LogP contribution in [0.3, 0.4) is 0 Å². The molecule has 4 unspecified atom stereocenters. The van der Waals surface area contributed by atoms with Crippen molar-refractivity contribution in [2.45, 2.75) is 191 Å². The van der Waals surface area contributed by atoms with Crippen molar-refractivity contribution in [1.82, 2.24) is 64.0 Å². The fourth-order valence-corrected chi connectivity index (χ4v) is 14.9. The standard InChI is InChI=1S/C21H29N3O5.C21H27N3O5.C21H25N3O5.C13H12BrN3O3.C8H14O2.C4H8O.H3N/c3*1-23-18-14-15(6-5-13-29-12-4-2-3-11-25)7-8-16(18)24(21(23)28)17-9-10-19(26)22-20(17)27;1-16-10-6-7(14)2-3-8(10)17(13(16)20)9-4-5-11(18)15-12(9)19;1-2-7-10-8-5-3-4-6-9;1-2-4-5-3-1;/h7-8,14,17,25H,2-6,9-13H2,1H3,(H,22,26,27);7-8,11,14,17H,2-6,9-10,12-13H2,1H3,(H,22,26,27);7-8,14,17,25H,2-4,9-13H2,1H3,(H,22,26,27);2-3,6,9H,4-5H2,1H3,(H,15,18,19);1,9H,3-8H2;1-4H2;1H3. The maximum Gasteiger partial charge on any atom is 0.329 e. The van der Waals surface area contributed by atoms with Gasteiger partial charge >= 0.3 is 22.8 Å². The molecule has 35 heteroatoms. The van der Waals surface area contributed by atoms with Gasteiger partial charge in [-0.2, -0.15) is 0 Å². The number of halogens is 1. The lowest BCUT2D eigenvalue weighted by Crippen LogP contribution is -2.44. The molecule has 4 aromatic carbocycles. The first-order chi connectivity index (χ1) is 59.0. The van der Waals surface area contributed by atoms with Crippen LogP contribution in [0, 0.1) is 24.2 Å². The van der Waals surface area contributed by atoms with E-state index >= 15 is 0 Å². The number of benzene rings is 4. The van der Waals surface area contributed by atoms with Crippen LogP contribution < -0.4 is 50.2 Å². The molecule has 0 saturated carbocycles. The molecule has 4 aromatic heterocycles. The van der Waals surface area contributed by atoms with Gasteiger partial charge in [-0.3, -0.25) is 96.2 Å². The summed E-state index contributed by atoms with van der Waals surface area (Å²) in [7, 11) is 6.71. The summed E-state index contributed by atoms with van der Waals surface area (Å²) < 4.78 is 39.5. The van der Waals surface area contributed by atoms with E-state index in [9.17, 15) is 62.3 Å². The fourth-order valence-electron chi connectivity index (χ4n) is 14.6. The lowest BCUT2D eigenvalue weighted by molar-refractivity contribution is -0.137. The number of carbonyl (C=O) groups is 9. The highest BCUT2D eigenvalue weighted by atomic mass is 79.9. The van der Waals surface area contributed by atoms with Crippen LogP contribution in [-0.4, -0.2) is 191 Å². The van der Waals surface area contributed by atoms with Crippen molar-refractivity contribution in [2.75, 3.05) is 85.9 Å². The first-order valence-corrected chi connectivity index (χ1v) is 42.7. The molecule has 5 aliphatic heterocycles. The number of hydrogen-bond donors (Lipinski definition) is 8. The quantitative estimate of drug-likeness (QED) is 0.00894. The monoisotopic (exact) mass is 1770 g/mol. The lowest BCUT2D eigenvalue weighted by Gasteiger charge is -2.21. The van der Waals surface area contributed by atoms with E-state index in [1.165, 1.54) is 40.2 Å². The topological polar surface area (TPSA) is 451 Å². The number of aliphatic hydroxyl groups excluding tert-OH is 3. The van der Waals surface area contributed by atoms with E-state index in [0.717, 1.165) is 154 Å². The number of rotatable bonds is 34. The number of fused-ring (bicyclic) bond motifs is 4. The summed E-state index contributed by atoms with van der Waals surface area (Å²) in [6, 6.07) is 19.9. The predicted molar refractivity (Wildman–Crippen MR) is 466 cm³/mol. The number of aromatic nitrogens is 8. The summed E-state index contributed by atoms with van der Waals surface area (Å²) in [6.45, 7) is 7.44. The molecule has 13 rings (SSSR count). The minimum Gasteiger partial charge on any atom is -0.396 e. The number of aldehydes is 1. The zero-order chi connectivity index (χ0) is 88.0. The Labute approximate surface area is 721 Å². The molecule has 0 aliphatic carbocycles. The number of nitrogens with zero attached hydrogens (tertiary/aromatic N) is 8. The fraction of sp³-hybridized carbons (Fsp3) is 0.534. The number of hydrogen-bond acceptors (Lipinski definition) is 22. The molecule has 0 spiro atoms. The first-order valence-electron chi connectivity index (χ1n) is 41.9. The molecule has 668 valence electrons. The van der Waals surface area contributed by atoms with Gasteiger partial charge in [0.15, 0.2) is 0 Å². The van der Waals surface area contributed by atoms with Crippen molar-refractivity contribution in [3.63, 3.8) is 0 Å². The van der Waals surface area contributed by atoms with Crippen molar-refractivity contribution in [1.29, 1.82) is 0 Å². The summed E-state index contributed by atoms with van der Waals surface area (Å²) in [6.07, 6.45) is 24.6. The Hall–Kier alpha value is -10.6. The number of terminal acetylenes is 1. The van der Waals surface area contributed by atoms with Gasteiger partial charge in [0.05, 0.1) is 44.1 Å². The molecule has 34 nitrogen and oxygen atoms in total. The summed E-state index contributed by atoms with van der Waals surface area (Å²) in [5.74, 6) is 5.46. The van der Waals surface area contributed by atoms with E-state index in [1.54, 1.807) is 55.5 Å². The van der Waals surface area contributed by atoms with E-state index in [0.29, 0.717) is 113 Å². The molecule has 5 aliphatic rings. The highest BCUT2D eigenvalue weighted by molar-refractivity contribution is 9.10. The molecule has 8 aromatic rings. The molecule has 0 radical (unpaired) electrons. The van der Waals surface area contributed by atoms with Crippen LogP contribution in [0.25, 0.3) is 44.1 Å². The SMILES string of the molecule is C#CCOCCCCCO.C1CCOC1.Cn1c(=O)n(C2CCC(=O)NC2=O)c2ccc(Br)cc21.Cn1c(=O)n(C2CCC(=O)NC2=O)c2ccc(C#CCOCCCCCO)cc21.Cn1c(=O)n(C2CCC(=O)NC2=O)c2ccc(CCCOCCCCC=O)cc21.Cn1c(=O)n(C2CCC(=O)NC2=O)c2ccc(CCCOCCCCCO)cc21.N. The molecule has 10 N–H and O–H groups in total. The van der Waals surface area contributed by atoms with Gasteiger partial charge in [-0.25, -0.2) is 19.2 Å². The van der Waals surface area contributed by atoms with Crippen molar-refractivity contribution in [2.24, 2.45) is 28.2 Å². The molecule has 0 bridgehead atoms. The number of aliphatic hydroxyl groups is 3. The van der Waals surface area contributed by atoms with Gasteiger partial charge < -0.3 is 49.9 Å². The van der Waals surface area contributed by atoms with Gasteiger partial charge in [-0.05, 0) is 207 Å². The third kappa shape index (κ3) is 28.8. The highest BCUT2D eigenvalue weighted by Crippen LogP contribution is 2.29. The Morgan fingerprint density at radius 1 is 0.423 bits per heavy atom. The number of ether oxygens (including phenoxy) is 5.